The number of β-amino-alcohol motifs (C(OH)–C–C–N with tert-alkyl or cyclic N) is 1. The first-order chi connectivity index (χ1) is 18.5. The molecule has 1 aliphatic heterocycles. The van der Waals surface area contributed by atoms with Gasteiger partial charge in [0.2, 0.25) is 0 Å². The number of likely N-dealkylation sites (N-methyl/N-ethyl adjacent to an activating group) is 1. The summed E-state index contributed by atoms with van der Waals surface area (Å²) >= 11 is 0. The van der Waals surface area contributed by atoms with Crippen LogP contribution in [0.5, 0.6) is 0 Å². The Morgan fingerprint density at radius 2 is 1.82 bits per heavy atom. The number of nitrogens with one attached hydrogen (secondary N) is 1. The van der Waals surface area contributed by atoms with Gasteiger partial charge in [-0.1, -0.05) is 52.2 Å². The van der Waals surface area contributed by atoms with Crippen molar-refractivity contribution in [2.24, 2.45) is 0 Å². The van der Waals surface area contributed by atoms with Crippen LogP contribution in [0.1, 0.15) is 77.5 Å². The zero-order valence-corrected chi connectivity index (χ0v) is 23.8. The Bertz CT molecular complexity index is 1120. The molecule has 2 aliphatic rings. The number of rotatable bonds is 6. The topological polar surface area (TPSA) is 122 Å². The summed E-state index contributed by atoms with van der Waals surface area (Å²) in [5.74, 6) is -0.0210. The molecule has 4 rings (SSSR count). The standard InChI is InChI=1S/C24H34N4O.C6H8N2O2/c1-23(2,3)18-11-13-20(14-12-18)28(5)24(4,21-17-25-15-16-26-21)22(29)27-19-9-7-6-8-10-19;7-4-8-2-6(10)1-5(8)3-9/h11-17,19H,6-10H2,1-5H3,(H,27,29);3,5-6,10H,1-2H2. The normalized spacial score (nSPS) is 21.1. The van der Waals surface area contributed by atoms with Gasteiger partial charge in [0.15, 0.2) is 11.7 Å². The van der Waals surface area contributed by atoms with E-state index in [1.807, 2.05) is 25.1 Å². The average molecular weight is 535 g/mol. The van der Waals surface area contributed by atoms with Gasteiger partial charge in [-0.15, -0.1) is 0 Å². The van der Waals surface area contributed by atoms with Crippen molar-refractivity contribution in [1.82, 2.24) is 20.2 Å². The number of amides is 1. The van der Waals surface area contributed by atoms with Gasteiger partial charge in [-0.3, -0.25) is 19.7 Å². The molecule has 1 amide bonds. The molecule has 1 saturated heterocycles. The van der Waals surface area contributed by atoms with E-state index in [9.17, 15) is 9.59 Å². The summed E-state index contributed by atoms with van der Waals surface area (Å²) in [4.78, 5) is 35.8. The number of carbonyl (C=O) groups excluding carboxylic acids is 2. The van der Waals surface area contributed by atoms with Crippen LogP contribution in [0.25, 0.3) is 0 Å². The first-order valence-electron chi connectivity index (χ1n) is 13.7. The van der Waals surface area contributed by atoms with Gasteiger partial charge in [-0.25, -0.2) is 0 Å². The van der Waals surface area contributed by atoms with E-state index < -0.39 is 17.7 Å². The van der Waals surface area contributed by atoms with Crippen LogP contribution in [0.2, 0.25) is 0 Å². The summed E-state index contributed by atoms with van der Waals surface area (Å²) in [5, 5.41) is 20.7. The Hall–Kier alpha value is -3.51. The van der Waals surface area contributed by atoms with E-state index in [1.165, 1.54) is 29.7 Å². The molecule has 2 N–H and O–H groups in total. The molecule has 3 atom stereocenters. The molecule has 3 unspecified atom stereocenters. The monoisotopic (exact) mass is 534 g/mol. The minimum Gasteiger partial charge on any atom is -0.391 e. The molecule has 0 spiro atoms. The number of nitriles is 1. The number of aromatic nitrogens is 2. The number of benzene rings is 1. The summed E-state index contributed by atoms with van der Waals surface area (Å²) in [6.07, 6.45) is 13.1. The highest BCUT2D eigenvalue weighted by Crippen LogP contribution is 2.33. The summed E-state index contributed by atoms with van der Waals surface area (Å²) in [6, 6.07) is 8.29. The van der Waals surface area contributed by atoms with E-state index >= 15 is 0 Å². The van der Waals surface area contributed by atoms with Crippen molar-refractivity contribution in [3.63, 3.8) is 0 Å². The molecular formula is C30H42N6O3. The lowest BCUT2D eigenvalue weighted by molar-refractivity contribution is -0.127. The highest BCUT2D eigenvalue weighted by molar-refractivity contribution is 5.90. The van der Waals surface area contributed by atoms with Crippen LogP contribution in [0, 0.1) is 11.5 Å². The Morgan fingerprint density at radius 1 is 1.15 bits per heavy atom. The number of hydrogen-bond donors (Lipinski definition) is 2. The van der Waals surface area contributed by atoms with Crippen LogP contribution in [0.15, 0.2) is 42.9 Å². The number of anilines is 1. The predicted octanol–water partition coefficient (Wildman–Crippen LogP) is 3.68. The maximum absolute atomic E-state index is 13.6. The molecule has 39 heavy (non-hydrogen) atoms. The third-order valence-electron chi connectivity index (χ3n) is 7.84. The maximum atomic E-state index is 13.6. The summed E-state index contributed by atoms with van der Waals surface area (Å²) in [7, 11) is 1.96. The molecule has 2 aromatic rings. The largest absolute Gasteiger partial charge is 0.391 e. The van der Waals surface area contributed by atoms with E-state index in [4.69, 9.17) is 10.4 Å². The van der Waals surface area contributed by atoms with Crippen molar-refractivity contribution < 1.29 is 14.7 Å². The molecule has 0 bridgehead atoms. The first kappa shape index (κ1) is 30.0. The summed E-state index contributed by atoms with van der Waals surface area (Å²) < 4.78 is 0. The van der Waals surface area contributed by atoms with E-state index in [0.717, 1.165) is 18.5 Å². The molecule has 1 saturated carbocycles. The van der Waals surface area contributed by atoms with Gasteiger partial charge in [-0.05, 0) is 42.9 Å². The lowest BCUT2D eigenvalue weighted by atomic mass is 9.86. The molecule has 1 aliphatic carbocycles. The smallest absolute Gasteiger partial charge is 0.252 e. The zero-order chi connectivity index (χ0) is 28.6. The summed E-state index contributed by atoms with van der Waals surface area (Å²) in [6.45, 7) is 8.83. The molecule has 210 valence electrons. The second kappa shape index (κ2) is 13.0. The number of hydrogen-bond acceptors (Lipinski definition) is 8. The lowest BCUT2D eigenvalue weighted by Crippen LogP contribution is -2.56. The Kier molecular flexibility index (Phi) is 10.0. The number of likely N-dealkylation sites (tertiary alicyclic amines) is 1. The van der Waals surface area contributed by atoms with E-state index in [0.29, 0.717) is 24.9 Å². The third-order valence-corrected chi connectivity index (χ3v) is 7.84. The Labute approximate surface area is 232 Å². The molecule has 9 nitrogen and oxygen atoms in total. The lowest BCUT2D eigenvalue weighted by Gasteiger charge is -2.40. The quantitative estimate of drug-likeness (QED) is 0.425. The Balaban J connectivity index is 0.000000353. The van der Waals surface area contributed by atoms with Crippen molar-refractivity contribution in [2.45, 2.75) is 95.4 Å². The van der Waals surface area contributed by atoms with Gasteiger partial charge in [0.25, 0.3) is 5.91 Å². The molecule has 9 heteroatoms. The number of aldehydes is 1. The third kappa shape index (κ3) is 7.33. The van der Waals surface area contributed by atoms with Gasteiger partial charge in [-0.2, -0.15) is 5.26 Å². The van der Waals surface area contributed by atoms with Gasteiger partial charge >= 0.3 is 0 Å². The van der Waals surface area contributed by atoms with Gasteiger partial charge < -0.3 is 20.1 Å². The van der Waals surface area contributed by atoms with Crippen LogP contribution in [0.3, 0.4) is 0 Å². The van der Waals surface area contributed by atoms with Crippen molar-refractivity contribution >= 4 is 17.9 Å². The number of aliphatic hydroxyl groups excluding tert-OH is 1. The average Bonchev–Trinajstić information content (AvgIpc) is 3.33. The molecule has 2 heterocycles. The molecule has 1 aromatic carbocycles. The highest BCUT2D eigenvalue weighted by atomic mass is 16.3. The first-order valence-corrected chi connectivity index (χ1v) is 13.7. The second-order valence-electron chi connectivity index (χ2n) is 11.7. The van der Waals surface area contributed by atoms with Crippen LogP contribution in [0.4, 0.5) is 5.69 Å². The molecule has 0 radical (unpaired) electrons. The van der Waals surface area contributed by atoms with Gasteiger partial charge in [0, 0.05) is 37.6 Å². The predicted molar refractivity (Wildman–Crippen MR) is 151 cm³/mol. The molecular weight excluding hydrogens is 492 g/mol. The van der Waals surface area contributed by atoms with Crippen molar-refractivity contribution in [1.29, 1.82) is 5.26 Å². The van der Waals surface area contributed by atoms with Crippen molar-refractivity contribution in [3.05, 3.63) is 54.1 Å². The number of nitrogens with zero attached hydrogens (tertiary/aromatic N) is 5. The van der Waals surface area contributed by atoms with E-state index in [-0.39, 0.29) is 17.4 Å². The minimum absolute atomic E-state index is 0.0210. The van der Waals surface area contributed by atoms with Crippen LogP contribution < -0.4 is 10.2 Å². The number of aliphatic hydroxyl groups is 1. The van der Waals surface area contributed by atoms with Crippen LogP contribution in [-0.4, -0.2) is 63.9 Å². The van der Waals surface area contributed by atoms with E-state index in [2.05, 4.69) is 60.3 Å². The summed E-state index contributed by atoms with van der Waals surface area (Å²) in [5.41, 5.74) is 2.03. The fourth-order valence-electron chi connectivity index (χ4n) is 5.09. The minimum atomic E-state index is -0.949. The highest BCUT2D eigenvalue weighted by Gasteiger charge is 2.42. The van der Waals surface area contributed by atoms with Crippen molar-refractivity contribution in [2.75, 3.05) is 18.5 Å². The van der Waals surface area contributed by atoms with Gasteiger partial charge in [0.05, 0.1) is 30.6 Å². The Morgan fingerprint density at radius 3 is 2.33 bits per heavy atom. The zero-order valence-electron chi connectivity index (χ0n) is 23.8. The van der Waals surface area contributed by atoms with Gasteiger partial charge in [0.1, 0.15) is 6.29 Å². The fourth-order valence-corrected chi connectivity index (χ4v) is 5.09. The molecule has 2 fully saturated rings. The van der Waals surface area contributed by atoms with E-state index in [1.54, 1.807) is 18.6 Å². The maximum Gasteiger partial charge on any atom is 0.252 e. The fraction of sp³-hybridized carbons (Fsp3) is 0.567. The SMILES string of the molecule is CN(c1ccc(C(C)(C)C)cc1)C(C)(C(=O)NC1CCCCC1)c1cnccn1.N#CN1CC(O)CC1C=O. The van der Waals surface area contributed by atoms with Crippen LogP contribution >= 0.6 is 0 Å². The second-order valence-corrected chi connectivity index (χ2v) is 11.7. The van der Waals surface area contributed by atoms with Crippen molar-refractivity contribution in [3.8, 4) is 6.19 Å². The molecule has 1 aromatic heterocycles. The van der Waals surface area contributed by atoms with Crippen LogP contribution in [-0.2, 0) is 20.5 Å². The number of carbonyl (C=O) groups is 2.